The summed E-state index contributed by atoms with van der Waals surface area (Å²) in [5.74, 6) is 1.58. The Hall–Kier alpha value is -1.22. The van der Waals surface area contributed by atoms with Crippen LogP contribution in [-0.4, -0.2) is 25.7 Å². The first-order chi connectivity index (χ1) is 9.65. The molecule has 0 radical (unpaired) electrons. The van der Waals surface area contributed by atoms with Crippen LogP contribution in [0.1, 0.15) is 39.2 Å². The number of anilines is 1. The molecule has 1 atom stereocenters. The predicted molar refractivity (Wildman–Crippen MR) is 85.6 cm³/mol. The lowest BCUT2D eigenvalue weighted by Gasteiger charge is -2.38. The van der Waals surface area contributed by atoms with Crippen LogP contribution in [0.4, 0.5) is 5.69 Å². The van der Waals surface area contributed by atoms with Gasteiger partial charge in [0.05, 0.1) is 12.2 Å². The maximum absolute atomic E-state index is 6.16. The van der Waals surface area contributed by atoms with Crippen molar-refractivity contribution in [3.63, 3.8) is 0 Å². The van der Waals surface area contributed by atoms with Crippen molar-refractivity contribution in [2.45, 2.75) is 46.1 Å². The van der Waals surface area contributed by atoms with Crippen molar-refractivity contribution >= 4 is 5.69 Å². The maximum Gasteiger partial charge on any atom is 0.143 e. The van der Waals surface area contributed by atoms with Gasteiger partial charge in [-0.2, -0.15) is 0 Å². The van der Waals surface area contributed by atoms with Crippen LogP contribution in [-0.2, 0) is 6.42 Å². The summed E-state index contributed by atoms with van der Waals surface area (Å²) in [6, 6.07) is 6.61. The largest absolute Gasteiger partial charge is 0.486 e. The van der Waals surface area contributed by atoms with E-state index in [9.17, 15) is 0 Å². The Morgan fingerprint density at radius 3 is 2.85 bits per heavy atom. The van der Waals surface area contributed by atoms with E-state index < -0.39 is 0 Å². The number of benzene rings is 1. The maximum atomic E-state index is 6.16. The second-order valence-electron chi connectivity index (χ2n) is 6.04. The number of ether oxygens (including phenoxy) is 1. The van der Waals surface area contributed by atoms with Crippen molar-refractivity contribution in [2.24, 2.45) is 11.7 Å². The lowest BCUT2D eigenvalue weighted by molar-refractivity contribution is 0.145. The summed E-state index contributed by atoms with van der Waals surface area (Å²) in [4.78, 5) is 2.48. The molecule has 0 aromatic heterocycles. The van der Waals surface area contributed by atoms with Crippen molar-refractivity contribution in [3.8, 4) is 5.75 Å². The SMILES string of the molecule is CCCN1CC(C(C)C)Oc2ccc(CCCN)cc21. The van der Waals surface area contributed by atoms with E-state index in [-0.39, 0.29) is 0 Å². The van der Waals surface area contributed by atoms with Crippen molar-refractivity contribution < 1.29 is 4.74 Å². The summed E-state index contributed by atoms with van der Waals surface area (Å²) in [5, 5.41) is 0. The van der Waals surface area contributed by atoms with Gasteiger partial charge in [0.2, 0.25) is 0 Å². The molecule has 20 heavy (non-hydrogen) atoms. The van der Waals surface area contributed by atoms with Crippen LogP contribution in [0.15, 0.2) is 18.2 Å². The predicted octanol–water partition coefficient (Wildman–Crippen LogP) is 3.21. The number of fused-ring (bicyclic) bond motifs is 1. The molecule has 0 fully saturated rings. The van der Waals surface area contributed by atoms with E-state index in [4.69, 9.17) is 10.5 Å². The molecule has 1 unspecified atom stereocenters. The lowest BCUT2D eigenvalue weighted by Crippen LogP contribution is -2.43. The molecule has 0 bridgehead atoms. The van der Waals surface area contributed by atoms with Crippen LogP contribution in [0.2, 0.25) is 0 Å². The van der Waals surface area contributed by atoms with Crippen LogP contribution in [0.25, 0.3) is 0 Å². The van der Waals surface area contributed by atoms with Crippen LogP contribution in [0.3, 0.4) is 0 Å². The zero-order chi connectivity index (χ0) is 14.5. The van der Waals surface area contributed by atoms with Gasteiger partial charge >= 0.3 is 0 Å². The number of nitrogens with two attached hydrogens (primary N) is 1. The summed E-state index contributed by atoms with van der Waals surface area (Å²) < 4.78 is 6.16. The molecule has 0 saturated heterocycles. The highest BCUT2D eigenvalue weighted by Crippen LogP contribution is 2.36. The number of aryl methyl sites for hydroxylation is 1. The minimum absolute atomic E-state index is 0.295. The Kier molecular flexibility index (Phi) is 5.30. The number of rotatable bonds is 6. The molecule has 0 spiro atoms. The van der Waals surface area contributed by atoms with Gasteiger partial charge in [-0.15, -0.1) is 0 Å². The fourth-order valence-corrected chi connectivity index (χ4v) is 2.72. The monoisotopic (exact) mass is 276 g/mol. The molecular formula is C17H28N2O. The third kappa shape index (κ3) is 3.45. The molecule has 3 heteroatoms. The van der Waals surface area contributed by atoms with Crippen LogP contribution >= 0.6 is 0 Å². The number of hydrogen-bond donors (Lipinski definition) is 1. The van der Waals surface area contributed by atoms with Crippen molar-refractivity contribution in [1.82, 2.24) is 0 Å². The van der Waals surface area contributed by atoms with Gasteiger partial charge in [-0.3, -0.25) is 0 Å². The third-order valence-corrected chi connectivity index (χ3v) is 3.95. The second kappa shape index (κ2) is 6.98. The topological polar surface area (TPSA) is 38.5 Å². The van der Waals surface area contributed by atoms with Gasteiger partial charge in [0.15, 0.2) is 0 Å². The molecule has 3 nitrogen and oxygen atoms in total. The molecule has 112 valence electrons. The van der Waals surface area contributed by atoms with E-state index in [1.807, 2.05) is 0 Å². The van der Waals surface area contributed by atoms with E-state index in [2.05, 4.69) is 43.9 Å². The number of hydrogen-bond acceptors (Lipinski definition) is 3. The second-order valence-corrected chi connectivity index (χ2v) is 6.04. The molecule has 1 aromatic carbocycles. The van der Waals surface area contributed by atoms with Gasteiger partial charge in [0.1, 0.15) is 11.9 Å². The quantitative estimate of drug-likeness (QED) is 0.867. The molecule has 2 rings (SSSR count). The highest BCUT2D eigenvalue weighted by atomic mass is 16.5. The molecule has 2 N–H and O–H groups in total. The van der Waals surface area contributed by atoms with Gasteiger partial charge in [-0.25, -0.2) is 0 Å². The lowest BCUT2D eigenvalue weighted by atomic mass is 10.0. The van der Waals surface area contributed by atoms with Crippen molar-refractivity contribution in [3.05, 3.63) is 23.8 Å². The zero-order valence-electron chi connectivity index (χ0n) is 13.1. The Bertz CT molecular complexity index is 431. The molecule has 0 amide bonds. The first-order valence-electron chi connectivity index (χ1n) is 7.90. The molecule has 1 heterocycles. The smallest absolute Gasteiger partial charge is 0.143 e. The highest BCUT2D eigenvalue weighted by Gasteiger charge is 2.27. The van der Waals surface area contributed by atoms with Crippen LogP contribution < -0.4 is 15.4 Å². The van der Waals surface area contributed by atoms with Gasteiger partial charge in [0.25, 0.3) is 0 Å². The summed E-state index contributed by atoms with van der Waals surface area (Å²) in [6.07, 6.45) is 3.56. The van der Waals surface area contributed by atoms with E-state index >= 15 is 0 Å². The molecule has 0 saturated carbocycles. The molecular weight excluding hydrogens is 248 g/mol. The van der Waals surface area contributed by atoms with Crippen molar-refractivity contribution in [1.29, 1.82) is 0 Å². The van der Waals surface area contributed by atoms with Gasteiger partial charge < -0.3 is 15.4 Å². The van der Waals surface area contributed by atoms with Crippen molar-refractivity contribution in [2.75, 3.05) is 24.5 Å². The summed E-state index contributed by atoms with van der Waals surface area (Å²) >= 11 is 0. The summed E-state index contributed by atoms with van der Waals surface area (Å²) in [7, 11) is 0. The fourth-order valence-electron chi connectivity index (χ4n) is 2.72. The average Bonchev–Trinajstić information content (AvgIpc) is 2.45. The zero-order valence-corrected chi connectivity index (χ0v) is 13.1. The van der Waals surface area contributed by atoms with E-state index in [0.29, 0.717) is 12.0 Å². The standard InChI is InChI=1S/C17H28N2O/c1-4-10-19-12-17(13(2)3)20-16-8-7-14(6-5-9-18)11-15(16)19/h7-8,11,13,17H,4-6,9-10,12,18H2,1-3H3. The van der Waals surface area contributed by atoms with Gasteiger partial charge in [-0.05, 0) is 49.4 Å². The van der Waals surface area contributed by atoms with E-state index in [0.717, 1.165) is 44.6 Å². The Balaban J connectivity index is 2.23. The summed E-state index contributed by atoms with van der Waals surface area (Å²) in [6.45, 7) is 9.54. The highest BCUT2D eigenvalue weighted by molar-refractivity contribution is 5.61. The molecule has 1 aliphatic heterocycles. The Labute approximate surface area is 123 Å². The van der Waals surface area contributed by atoms with E-state index in [1.165, 1.54) is 11.3 Å². The van der Waals surface area contributed by atoms with Crippen LogP contribution in [0, 0.1) is 5.92 Å². The van der Waals surface area contributed by atoms with E-state index in [1.54, 1.807) is 0 Å². The molecule has 0 aliphatic carbocycles. The average molecular weight is 276 g/mol. The minimum Gasteiger partial charge on any atom is -0.486 e. The normalized spacial score (nSPS) is 18.1. The molecule has 1 aliphatic rings. The van der Waals surface area contributed by atoms with Crippen LogP contribution in [0.5, 0.6) is 5.75 Å². The minimum atomic E-state index is 0.295. The van der Waals surface area contributed by atoms with Gasteiger partial charge in [-0.1, -0.05) is 26.8 Å². The fraction of sp³-hybridized carbons (Fsp3) is 0.647. The van der Waals surface area contributed by atoms with Gasteiger partial charge in [0, 0.05) is 6.54 Å². The third-order valence-electron chi connectivity index (χ3n) is 3.95. The first-order valence-corrected chi connectivity index (χ1v) is 7.90. The number of nitrogens with zero attached hydrogens (tertiary/aromatic N) is 1. The Morgan fingerprint density at radius 2 is 2.20 bits per heavy atom. The molecule has 1 aromatic rings. The Morgan fingerprint density at radius 1 is 1.40 bits per heavy atom. The summed E-state index contributed by atoms with van der Waals surface area (Å²) in [5.41, 5.74) is 8.23. The first kappa shape index (κ1) is 15.2.